The van der Waals surface area contributed by atoms with Gasteiger partial charge in [-0.1, -0.05) is 30.3 Å². The lowest BCUT2D eigenvalue weighted by Gasteiger charge is -2.22. The highest BCUT2D eigenvalue weighted by Gasteiger charge is 2.49. The van der Waals surface area contributed by atoms with Crippen molar-refractivity contribution in [3.63, 3.8) is 0 Å². The van der Waals surface area contributed by atoms with E-state index in [1.165, 1.54) is 37.9 Å². The molecule has 0 spiro atoms. The summed E-state index contributed by atoms with van der Waals surface area (Å²) in [6.45, 7) is 4.52. The van der Waals surface area contributed by atoms with Crippen LogP contribution < -0.4 is 5.73 Å². The monoisotopic (exact) mass is 230 g/mol. The van der Waals surface area contributed by atoms with Crippen molar-refractivity contribution in [3.8, 4) is 0 Å². The molecule has 92 valence electrons. The molecule has 1 aromatic rings. The van der Waals surface area contributed by atoms with E-state index in [1.807, 2.05) is 0 Å². The van der Waals surface area contributed by atoms with Crippen LogP contribution >= 0.6 is 0 Å². The Hall–Kier alpha value is -0.860. The Morgan fingerprint density at radius 3 is 2.65 bits per heavy atom. The van der Waals surface area contributed by atoms with Crippen molar-refractivity contribution in [1.29, 1.82) is 0 Å². The van der Waals surface area contributed by atoms with Crippen LogP contribution in [0.15, 0.2) is 30.3 Å². The van der Waals surface area contributed by atoms with Gasteiger partial charge in [0.1, 0.15) is 0 Å². The van der Waals surface area contributed by atoms with Crippen LogP contribution in [-0.4, -0.2) is 24.5 Å². The molecule has 0 bridgehead atoms. The van der Waals surface area contributed by atoms with Crippen LogP contribution in [0.25, 0.3) is 0 Å². The number of hydrogen-bond acceptors (Lipinski definition) is 2. The van der Waals surface area contributed by atoms with Crippen molar-refractivity contribution in [3.05, 3.63) is 35.9 Å². The van der Waals surface area contributed by atoms with Crippen molar-refractivity contribution in [1.82, 2.24) is 4.90 Å². The predicted molar refractivity (Wildman–Crippen MR) is 70.5 cm³/mol. The van der Waals surface area contributed by atoms with Crippen molar-refractivity contribution in [2.75, 3.05) is 19.6 Å². The zero-order valence-electron chi connectivity index (χ0n) is 10.4. The van der Waals surface area contributed by atoms with Crippen LogP contribution in [0.4, 0.5) is 0 Å². The maximum atomic E-state index is 5.93. The predicted octanol–water partition coefficient (Wildman–Crippen LogP) is 2.25. The average Bonchev–Trinajstić information content (AvgIpc) is 3.05. The molecule has 2 nitrogen and oxygen atoms in total. The molecule has 3 rings (SSSR count). The van der Waals surface area contributed by atoms with E-state index in [0.717, 1.165) is 19.0 Å². The Balaban J connectivity index is 1.58. The van der Waals surface area contributed by atoms with Gasteiger partial charge < -0.3 is 5.73 Å². The summed E-state index contributed by atoms with van der Waals surface area (Å²) in [4.78, 5) is 2.59. The first kappa shape index (κ1) is 11.2. The fourth-order valence-corrected chi connectivity index (χ4v) is 3.26. The normalized spacial score (nSPS) is 27.2. The van der Waals surface area contributed by atoms with Gasteiger partial charge in [-0.15, -0.1) is 0 Å². The van der Waals surface area contributed by atoms with E-state index >= 15 is 0 Å². The third-order valence-electron chi connectivity index (χ3n) is 4.69. The summed E-state index contributed by atoms with van der Waals surface area (Å²) in [5.41, 5.74) is 7.90. The van der Waals surface area contributed by atoms with E-state index < -0.39 is 0 Å². The first-order chi connectivity index (χ1) is 8.32. The van der Waals surface area contributed by atoms with Crippen LogP contribution in [0.3, 0.4) is 0 Å². The Bertz CT molecular complexity index is 370. The van der Waals surface area contributed by atoms with Crippen LogP contribution in [0.5, 0.6) is 0 Å². The molecule has 1 saturated heterocycles. The van der Waals surface area contributed by atoms with Gasteiger partial charge >= 0.3 is 0 Å². The molecule has 2 heteroatoms. The van der Waals surface area contributed by atoms with E-state index in [2.05, 4.69) is 35.2 Å². The molecule has 1 aliphatic heterocycles. The minimum absolute atomic E-state index is 0.533. The van der Waals surface area contributed by atoms with E-state index in [1.54, 1.807) is 0 Å². The fourth-order valence-electron chi connectivity index (χ4n) is 3.26. The summed E-state index contributed by atoms with van der Waals surface area (Å²) in [6, 6.07) is 10.8. The summed E-state index contributed by atoms with van der Waals surface area (Å²) >= 11 is 0. The Kier molecular flexibility index (Phi) is 2.93. The van der Waals surface area contributed by atoms with Gasteiger partial charge in [0.25, 0.3) is 0 Å². The van der Waals surface area contributed by atoms with Crippen LogP contribution in [0, 0.1) is 11.3 Å². The van der Waals surface area contributed by atoms with Gasteiger partial charge in [0.15, 0.2) is 0 Å². The molecule has 1 saturated carbocycles. The highest BCUT2D eigenvalue weighted by atomic mass is 15.1. The molecule has 0 aromatic heterocycles. The van der Waals surface area contributed by atoms with Crippen molar-refractivity contribution in [2.45, 2.75) is 25.8 Å². The third-order valence-corrected chi connectivity index (χ3v) is 4.69. The average molecular weight is 230 g/mol. The third kappa shape index (κ3) is 2.24. The van der Waals surface area contributed by atoms with Gasteiger partial charge in [-0.2, -0.15) is 0 Å². The number of nitrogens with two attached hydrogens (primary N) is 1. The molecule has 0 amide bonds. The molecule has 2 fully saturated rings. The standard InChI is InChI=1S/C15H22N2/c16-12-15(7-8-15)14-6-9-17(11-14)10-13-4-2-1-3-5-13/h1-5,14H,6-12,16H2. The maximum Gasteiger partial charge on any atom is 0.0233 e. The number of hydrogen-bond donors (Lipinski definition) is 1. The van der Waals surface area contributed by atoms with Crippen LogP contribution in [-0.2, 0) is 6.54 Å². The van der Waals surface area contributed by atoms with Gasteiger partial charge in [0.05, 0.1) is 0 Å². The molecular weight excluding hydrogens is 208 g/mol. The number of rotatable bonds is 4. The lowest BCUT2D eigenvalue weighted by atomic mass is 9.88. The number of benzene rings is 1. The minimum atomic E-state index is 0.533. The smallest absolute Gasteiger partial charge is 0.0233 e. The SMILES string of the molecule is NCC1(C2CCN(Cc3ccccc3)C2)CC1. The number of likely N-dealkylation sites (tertiary alicyclic amines) is 1. The zero-order chi connectivity index (χ0) is 11.7. The first-order valence-corrected chi connectivity index (χ1v) is 6.79. The molecule has 1 unspecified atom stereocenters. The second-order valence-corrected chi connectivity index (χ2v) is 5.77. The van der Waals surface area contributed by atoms with E-state index in [0.29, 0.717) is 5.41 Å². The highest BCUT2D eigenvalue weighted by molar-refractivity contribution is 5.15. The Labute approximate surface area is 104 Å². The van der Waals surface area contributed by atoms with Gasteiger partial charge in [-0.25, -0.2) is 0 Å². The summed E-state index contributed by atoms with van der Waals surface area (Å²) in [6.07, 6.45) is 4.09. The molecule has 1 heterocycles. The topological polar surface area (TPSA) is 29.3 Å². The van der Waals surface area contributed by atoms with Gasteiger partial charge in [0.2, 0.25) is 0 Å². The largest absolute Gasteiger partial charge is 0.330 e. The molecule has 17 heavy (non-hydrogen) atoms. The molecule has 2 aliphatic rings. The Morgan fingerprint density at radius 2 is 2.00 bits per heavy atom. The Morgan fingerprint density at radius 1 is 1.24 bits per heavy atom. The number of nitrogens with zero attached hydrogens (tertiary/aromatic N) is 1. The van der Waals surface area contributed by atoms with E-state index in [4.69, 9.17) is 5.73 Å². The summed E-state index contributed by atoms with van der Waals surface area (Å²) < 4.78 is 0. The van der Waals surface area contributed by atoms with Crippen molar-refractivity contribution in [2.24, 2.45) is 17.1 Å². The molecule has 1 aromatic carbocycles. The molecule has 2 N–H and O–H groups in total. The maximum absolute atomic E-state index is 5.93. The summed E-state index contributed by atoms with van der Waals surface area (Å²) in [7, 11) is 0. The summed E-state index contributed by atoms with van der Waals surface area (Å²) in [5, 5.41) is 0. The first-order valence-electron chi connectivity index (χ1n) is 6.79. The quantitative estimate of drug-likeness (QED) is 0.859. The minimum Gasteiger partial charge on any atom is -0.330 e. The van der Waals surface area contributed by atoms with Crippen molar-refractivity contribution < 1.29 is 0 Å². The van der Waals surface area contributed by atoms with Crippen LogP contribution in [0.1, 0.15) is 24.8 Å². The van der Waals surface area contributed by atoms with Gasteiger partial charge in [0, 0.05) is 13.1 Å². The van der Waals surface area contributed by atoms with Gasteiger partial charge in [-0.3, -0.25) is 4.90 Å². The van der Waals surface area contributed by atoms with E-state index in [-0.39, 0.29) is 0 Å². The van der Waals surface area contributed by atoms with Gasteiger partial charge in [-0.05, 0) is 49.2 Å². The molecule has 1 atom stereocenters. The van der Waals surface area contributed by atoms with Crippen molar-refractivity contribution >= 4 is 0 Å². The highest BCUT2D eigenvalue weighted by Crippen LogP contribution is 2.53. The molecular formula is C15H22N2. The van der Waals surface area contributed by atoms with Crippen LogP contribution in [0.2, 0.25) is 0 Å². The summed E-state index contributed by atoms with van der Waals surface area (Å²) in [5.74, 6) is 0.858. The lowest BCUT2D eigenvalue weighted by Crippen LogP contribution is -2.28. The van der Waals surface area contributed by atoms with E-state index in [9.17, 15) is 0 Å². The zero-order valence-corrected chi connectivity index (χ0v) is 10.4. The second kappa shape index (κ2) is 4.43. The molecule has 0 radical (unpaired) electrons. The molecule has 1 aliphatic carbocycles. The lowest BCUT2D eigenvalue weighted by molar-refractivity contribution is 0.272. The second-order valence-electron chi connectivity index (χ2n) is 5.77. The fraction of sp³-hybridized carbons (Fsp3) is 0.600.